The van der Waals surface area contributed by atoms with Gasteiger partial charge in [-0.1, -0.05) is 0 Å². The van der Waals surface area contributed by atoms with E-state index in [-0.39, 0.29) is 23.5 Å². The molecule has 0 radical (unpaired) electrons. The van der Waals surface area contributed by atoms with Crippen molar-refractivity contribution in [2.75, 3.05) is 24.5 Å². The van der Waals surface area contributed by atoms with E-state index in [2.05, 4.69) is 15.4 Å². The van der Waals surface area contributed by atoms with E-state index in [0.717, 1.165) is 32.4 Å². The Morgan fingerprint density at radius 3 is 2.54 bits per heavy atom. The number of anilines is 1. The molecule has 0 aliphatic carbocycles. The van der Waals surface area contributed by atoms with Gasteiger partial charge in [-0.2, -0.15) is 8.78 Å². The summed E-state index contributed by atoms with van der Waals surface area (Å²) in [6.45, 7) is -0.716. The highest BCUT2D eigenvalue weighted by Crippen LogP contribution is 2.25. The quantitative estimate of drug-likeness (QED) is 0.834. The summed E-state index contributed by atoms with van der Waals surface area (Å²) in [6.07, 6.45) is 2.93. The maximum Gasteiger partial charge on any atom is 0.387 e. The van der Waals surface area contributed by atoms with Crippen molar-refractivity contribution < 1.29 is 23.1 Å². The number of alkyl halides is 2. The number of hydrogen-bond acceptors (Lipinski definition) is 4. The number of nitrogens with zero attached hydrogens (tertiary/aromatic N) is 1. The molecule has 1 atom stereocenters. The van der Waals surface area contributed by atoms with Crippen LogP contribution in [0.2, 0.25) is 0 Å². The Morgan fingerprint density at radius 1 is 1.19 bits per heavy atom. The van der Waals surface area contributed by atoms with Crippen LogP contribution in [-0.4, -0.2) is 44.1 Å². The molecule has 142 valence electrons. The minimum absolute atomic E-state index is 0.0453. The van der Waals surface area contributed by atoms with Crippen LogP contribution in [0, 0.1) is 5.92 Å². The zero-order chi connectivity index (χ0) is 18.5. The number of piperidine rings is 2. The van der Waals surface area contributed by atoms with Crippen molar-refractivity contribution in [1.29, 1.82) is 0 Å². The predicted octanol–water partition coefficient (Wildman–Crippen LogP) is 1.90. The normalized spacial score (nSPS) is 21.7. The summed E-state index contributed by atoms with van der Waals surface area (Å²) in [7, 11) is 0. The lowest BCUT2D eigenvalue weighted by molar-refractivity contribution is -0.131. The fourth-order valence-corrected chi connectivity index (χ4v) is 3.45. The Labute approximate surface area is 150 Å². The molecule has 2 heterocycles. The number of benzene rings is 1. The van der Waals surface area contributed by atoms with Crippen molar-refractivity contribution >= 4 is 17.5 Å². The lowest BCUT2D eigenvalue weighted by Crippen LogP contribution is -2.54. The van der Waals surface area contributed by atoms with Crippen LogP contribution in [0.1, 0.15) is 25.7 Å². The number of nitrogens with one attached hydrogen (secondary N) is 2. The third-order valence-electron chi connectivity index (χ3n) is 4.84. The highest BCUT2D eigenvalue weighted by Gasteiger charge is 2.32. The Kier molecular flexibility index (Phi) is 6.03. The molecule has 0 saturated carbocycles. The first-order valence-electron chi connectivity index (χ1n) is 8.92. The van der Waals surface area contributed by atoms with E-state index in [1.165, 1.54) is 12.1 Å². The Balaban J connectivity index is 1.62. The average molecular weight is 367 g/mol. The maximum absolute atomic E-state index is 12.8. The second-order valence-corrected chi connectivity index (χ2v) is 6.59. The van der Waals surface area contributed by atoms with Gasteiger partial charge in [0.05, 0.1) is 0 Å². The van der Waals surface area contributed by atoms with Gasteiger partial charge in [-0.15, -0.1) is 0 Å². The second-order valence-electron chi connectivity index (χ2n) is 6.59. The molecule has 3 rings (SSSR count). The molecule has 2 saturated heterocycles. The Morgan fingerprint density at radius 2 is 1.88 bits per heavy atom. The standard InChI is InChI=1S/C18H23F2N3O3/c19-18(20)26-14-5-3-13(4-6-14)23-11-1-2-15(17(23)25)22-16(24)12-7-9-21-10-8-12/h3-6,12,15,18,21H,1-2,7-11H2,(H,22,24). The van der Waals surface area contributed by atoms with Gasteiger partial charge in [-0.3, -0.25) is 9.59 Å². The maximum atomic E-state index is 12.8. The zero-order valence-corrected chi connectivity index (χ0v) is 14.4. The number of carbonyl (C=O) groups excluding carboxylic acids is 2. The van der Waals surface area contributed by atoms with Gasteiger partial charge in [0.25, 0.3) is 0 Å². The van der Waals surface area contributed by atoms with E-state index < -0.39 is 12.7 Å². The number of rotatable bonds is 5. The summed E-state index contributed by atoms with van der Waals surface area (Å²) < 4.78 is 28.8. The Hall–Kier alpha value is -2.22. The SMILES string of the molecule is O=C(NC1CCCN(c2ccc(OC(F)F)cc2)C1=O)C1CCNCC1. The van der Waals surface area contributed by atoms with Gasteiger partial charge in [0.1, 0.15) is 11.8 Å². The van der Waals surface area contributed by atoms with Crippen LogP contribution in [0.3, 0.4) is 0 Å². The van der Waals surface area contributed by atoms with Crippen LogP contribution >= 0.6 is 0 Å². The van der Waals surface area contributed by atoms with Gasteiger partial charge in [-0.05, 0) is 63.0 Å². The van der Waals surface area contributed by atoms with Gasteiger partial charge in [0.2, 0.25) is 11.8 Å². The lowest BCUT2D eigenvalue weighted by atomic mass is 9.96. The summed E-state index contributed by atoms with van der Waals surface area (Å²) >= 11 is 0. The van der Waals surface area contributed by atoms with Crippen molar-refractivity contribution in [3.63, 3.8) is 0 Å². The lowest BCUT2D eigenvalue weighted by Gasteiger charge is -2.34. The summed E-state index contributed by atoms with van der Waals surface area (Å²) in [5.41, 5.74) is 0.609. The van der Waals surface area contributed by atoms with E-state index in [1.54, 1.807) is 17.0 Å². The number of hydrogen-bond donors (Lipinski definition) is 2. The molecule has 0 spiro atoms. The highest BCUT2D eigenvalue weighted by atomic mass is 19.3. The van der Waals surface area contributed by atoms with Gasteiger partial charge in [-0.25, -0.2) is 0 Å². The third-order valence-corrected chi connectivity index (χ3v) is 4.84. The second kappa shape index (κ2) is 8.44. The minimum Gasteiger partial charge on any atom is -0.435 e. The molecule has 2 aliphatic rings. The summed E-state index contributed by atoms with van der Waals surface area (Å²) in [4.78, 5) is 26.7. The summed E-state index contributed by atoms with van der Waals surface area (Å²) in [5, 5.41) is 6.11. The van der Waals surface area contributed by atoms with Crippen LogP contribution in [-0.2, 0) is 9.59 Å². The van der Waals surface area contributed by atoms with Crippen molar-refractivity contribution in [2.45, 2.75) is 38.3 Å². The van der Waals surface area contributed by atoms with Crippen LogP contribution < -0.4 is 20.3 Å². The number of carbonyl (C=O) groups is 2. The predicted molar refractivity (Wildman–Crippen MR) is 92.2 cm³/mol. The van der Waals surface area contributed by atoms with Crippen LogP contribution in [0.15, 0.2) is 24.3 Å². The average Bonchev–Trinajstić information content (AvgIpc) is 2.64. The first-order chi connectivity index (χ1) is 12.5. The van der Waals surface area contributed by atoms with Crippen LogP contribution in [0.4, 0.5) is 14.5 Å². The van der Waals surface area contributed by atoms with Crippen molar-refractivity contribution in [3.05, 3.63) is 24.3 Å². The Bertz CT molecular complexity index is 633. The van der Waals surface area contributed by atoms with Gasteiger partial charge >= 0.3 is 6.61 Å². The van der Waals surface area contributed by atoms with Gasteiger partial charge in [0.15, 0.2) is 0 Å². The van der Waals surface area contributed by atoms with E-state index in [9.17, 15) is 18.4 Å². The van der Waals surface area contributed by atoms with E-state index in [0.29, 0.717) is 18.7 Å². The fourth-order valence-electron chi connectivity index (χ4n) is 3.45. The number of halogens is 2. The minimum atomic E-state index is -2.88. The molecule has 2 fully saturated rings. The summed E-state index contributed by atoms with van der Waals surface area (Å²) in [6, 6.07) is 5.43. The molecule has 2 N–H and O–H groups in total. The molecule has 1 aromatic rings. The van der Waals surface area contributed by atoms with Crippen molar-refractivity contribution in [1.82, 2.24) is 10.6 Å². The molecule has 2 aliphatic heterocycles. The number of amides is 2. The van der Waals surface area contributed by atoms with Gasteiger partial charge < -0.3 is 20.3 Å². The third kappa shape index (κ3) is 4.49. The smallest absolute Gasteiger partial charge is 0.387 e. The van der Waals surface area contributed by atoms with Crippen molar-refractivity contribution in [2.24, 2.45) is 5.92 Å². The fraction of sp³-hybridized carbons (Fsp3) is 0.556. The molecule has 8 heteroatoms. The van der Waals surface area contributed by atoms with E-state index in [4.69, 9.17) is 0 Å². The summed E-state index contributed by atoms with van der Waals surface area (Å²) in [5.74, 6) is -0.234. The molecule has 0 bridgehead atoms. The van der Waals surface area contributed by atoms with Crippen molar-refractivity contribution in [3.8, 4) is 5.75 Å². The van der Waals surface area contributed by atoms with Crippen LogP contribution in [0.5, 0.6) is 5.75 Å². The molecule has 1 aromatic carbocycles. The first-order valence-corrected chi connectivity index (χ1v) is 8.92. The van der Waals surface area contributed by atoms with Gasteiger partial charge in [0, 0.05) is 18.2 Å². The zero-order valence-electron chi connectivity index (χ0n) is 14.4. The molecular formula is C18H23F2N3O3. The largest absolute Gasteiger partial charge is 0.435 e. The van der Waals surface area contributed by atoms with Crippen LogP contribution in [0.25, 0.3) is 0 Å². The first kappa shape index (κ1) is 18.6. The molecule has 26 heavy (non-hydrogen) atoms. The monoisotopic (exact) mass is 367 g/mol. The molecule has 0 aromatic heterocycles. The highest BCUT2D eigenvalue weighted by molar-refractivity contribution is 6.00. The molecule has 6 nitrogen and oxygen atoms in total. The number of ether oxygens (including phenoxy) is 1. The molecule has 2 amide bonds. The molecule has 1 unspecified atom stereocenters. The topological polar surface area (TPSA) is 70.7 Å². The van der Waals surface area contributed by atoms with E-state index >= 15 is 0 Å². The van der Waals surface area contributed by atoms with E-state index in [1.807, 2.05) is 0 Å². The molecular weight excluding hydrogens is 344 g/mol.